The summed E-state index contributed by atoms with van der Waals surface area (Å²) >= 11 is 0. The summed E-state index contributed by atoms with van der Waals surface area (Å²) in [5, 5.41) is 9.43. The van der Waals surface area contributed by atoms with Crippen molar-refractivity contribution in [1.82, 2.24) is 4.90 Å². The van der Waals surface area contributed by atoms with E-state index in [-0.39, 0.29) is 13.2 Å². The molecule has 0 aliphatic carbocycles. The first-order valence-corrected chi connectivity index (χ1v) is 5.12. The van der Waals surface area contributed by atoms with Crippen molar-refractivity contribution in [1.29, 1.82) is 0 Å². The van der Waals surface area contributed by atoms with E-state index in [0.29, 0.717) is 13.2 Å². The Bertz CT molecular complexity index is 224. The lowest BCUT2D eigenvalue weighted by Gasteiger charge is -2.26. The van der Waals surface area contributed by atoms with Crippen LogP contribution in [-0.2, 0) is 9.47 Å². The zero-order valence-corrected chi connectivity index (χ0v) is 9.52. The minimum atomic E-state index is -0.625. The summed E-state index contributed by atoms with van der Waals surface area (Å²) in [6.45, 7) is 6.90. The lowest BCUT2D eigenvalue weighted by molar-refractivity contribution is 0.0181. The fourth-order valence-electron chi connectivity index (χ4n) is 1.28. The first-order valence-electron chi connectivity index (χ1n) is 5.12. The van der Waals surface area contributed by atoms with Crippen molar-refractivity contribution >= 4 is 6.09 Å². The van der Waals surface area contributed by atoms with E-state index in [9.17, 15) is 9.90 Å². The van der Waals surface area contributed by atoms with E-state index in [0.717, 1.165) is 0 Å². The van der Waals surface area contributed by atoms with E-state index in [1.165, 1.54) is 4.90 Å². The van der Waals surface area contributed by atoms with Crippen molar-refractivity contribution in [3.05, 3.63) is 0 Å². The molecule has 1 atom stereocenters. The lowest BCUT2D eigenvalue weighted by Crippen LogP contribution is -2.41. The van der Waals surface area contributed by atoms with Crippen molar-refractivity contribution in [2.75, 3.05) is 26.3 Å². The van der Waals surface area contributed by atoms with Crippen LogP contribution in [0, 0.1) is 0 Å². The van der Waals surface area contributed by atoms with Gasteiger partial charge in [0, 0.05) is 6.54 Å². The van der Waals surface area contributed by atoms with Crippen molar-refractivity contribution in [2.45, 2.75) is 32.5 Å². The molecule has 1 heterocycles. The summed E-state index contributed by atoms with van der Waals surface area (Å²) in [6, 6.07) is 0. The van der Waals surface area contributed by atoms with E-state index in [4.69, 9.17) is 9.47 Å². The smallest absolute Gasteiger partial charge is 0.410 e. The summed E-state index contributed by atoms with van der Waals surface area (Å²) in [5.74, 6) is 0. The first kappa shape index (κ1) is 12.3. The molecule has 1 rings (SSSR count). The van der Waals surface area contributed by atoms with Crippen LogP contribution in [0.2, 0.25) is 0 Å². The van der Waals surface area contributed by atoms with Crippen molar-refractivity contribution in [2.24, 2.45) is 0 Å². The Kier molecular flexibility index (Phi) is 3.93. The highest BCUT2D eigenvalue weighted by atomic mass is 16.6. The fourth-order valence-corrected chi connectivity index (χ4v) is 1.28. The Morgan fingerprint density at radius 1 is 1.53 bits per heavy atom. The van der Waals surface area contributed by atoms with Crippen molar-refractivity contribution in [3.63, 3.8) is 0 Å². The topological polar surface area (TPSA) is 59.0 Å². The van der Waals surface area contributed by atoms with Crippen LogP contribution >= 0.6 is 0 Å². The maximum absolute atomic E-state index is 11.6. The van der Waals surface area contributed by atoms with Gasteiger partial charge < -0.3 is 19.5 Å². The van der Waals surface area contributed by atoms with E-state index in [1.807, 2.05) is 20.8 Å². The summed E-state index contributed by atoms with van der Waals surface area (Å²) in [4.78, 5) is 13.1. The second-order valence-electron chi connectivity index (χ2n) is 4.66. The molecule has 15 heavy (non-hydrogen) atoms. The monoisotopic (exact) mass is 217 g/mol. The average molecular weight is 217 g/mol. The van der Waals surface area contributed by atoms with Gasteiger partial charge in [-0.15, -0.1) is 0 Å². The Morgan fingerprint density at radius 2 is 2.20 bits per heavy atom. The molecule has 0 aromatic rings. The molecule has 0 radical (unpaired) electrons. The Morgan fingerprint density at radius 3 is 2.80 bits per heavy atom. The molecule has 0 bridgehead atoms. The highest BCUT2D eigenvalue weighted by Gasteiger charge is 2.25. The number of ether oxygens (including phenoxy) is 2. The van der Waals surface area contributed by atoms with Gasteiger partial charge in [-0.25, -0.2) is 4.79 Å². The lowest BCUT2D eigenvalue weighted by atomic mass is 10.2. The third-order valence-electron chi connectivity index (χ3n) is 1.90. The van der Waals surface area contributed by atoms with Crippen LogP contribution in [0.15, 0.2) is 0 Å². The molecule has 0 spiro atoms. The van der Waals surface area contributed by atoms with E-state index in [2.05, 4.69) is 0 Å². The average Bonchev–Trinajstić information content (AvgIpc) is 2.26. The molecule has 1 aliphatic heterocycles. The zero-order valence-electron chi connectivity index (χ0n) is 9.52. The van der Waals surface area contributed by atoms with Gasteiger partial charge in [-0.05, 0) is 20.8 Å². The predicted molar refractivity (Wildman–Crippen MR) is 54.6 cm³/mol. The number of aliphatic hydroxyl groups excluding tert-OH is 1. The molecule has 1 N–H and O–H groups in total. The largest absolute Gasteiger partial charge is 0.444 e. The molecule has 0 aromatic heterocycles. The number of β-amino-alcohol motifs (C(OH)–C–C–N with tert-alkyl or cyclic N) is 1. The normalized spacial score (nSPS) is 23.5. The van der Waals surface area contributed by atoms with Gasteiger partial charge in [0.15, 0.2) is 0 Å². The molecule has 1 saturated heterocycles. The maximum Gasteiger partial charge on any atom is 0.410 e. The number of hydrogen-bond acceptors (Lipinski definition) is 4. The Labute approximate surface area is 90.0 Å². The van der Waals surface area contributed by atoms with Gasteiger partial charge >= 0.3 is 6.09 Å². The molecule has 5 nitrogen and oxygen atoms in total. The van der Waals surface area contributed by atoms with Gasteiger partial charge in [0.25, 0.3) is 0 Å². The number of rotatable bonds is 0. The number of amides is 1. The molecular weight excluding hydrogens is 198 g/mol. The van der Waals surface area contributed by atoms with E-state index >= 15 is 0 Å². The summed E-state index contributed by atoms with van der Waals surface area (Å²) in [7, 11) is 0. The summed E-state index contributed by atoms with van der Waals surface area (Å²) in [6.07, 6.45) is -1.02. The van der Waals surface area contributed by atoms with Crippen molar-refractivity contribution < 1.29 is 19.4 Å². The molecule has 1 amide bonds. The SMILES string of the molecule is CC(C)(C)OC(=O)N1CCOC[C@H](O)C1. The number of aliphatic hydroxyl groups is 1. The van der Waals surface area contributed by atoms with Crippen molar-refractivity contribution in [3.8, 4) is 0 Å². The summed E-state index contributed by atoms with van der Waals surface area (Å²) < 4.78 is 10.3. The van der Waals surface area contributed by atoms with Gasteiger partial charge in [-0.1, -0.05) is 0 Å². The second kappa shape index (κ2) is 4.81. The molecule has 0 saturated carbocycles. The van der Waals surface area contributed by atoms with Crippen LogP contribution in [-0.4, -0.2) is 54.1 Å². The van der Waals surface area contributed by atoms with Crippen LogP contribution in [0.4, 0.5) is 4.79 Å². The highest BCUT2D eigenvalue weighted by molar-refractivity contribution is 5.68. The molecule has 0 aromatic carbocycles. The zero-order chi connectivity index (χ0) is 11.5. The Balaban J connectivity index is 2.50. The number of nitrogens with zero attached hydrogens (tertiary/aromatic N) is 1. The van der Waals surface area contributed by atoms with Gasteiger partial charge in [0.05, 0.1) is 25.9 Å². The maximum atomic E-state index is 11.6. The third-order valence-corrected chi connectivity index (χ3v) is 1.90. The van der Waals surface area contributed by atoms with E-state index < -0.39 is 17.8 Å². The minimum absolute atomic E-state index is 0.273. The number of carbonyl (C=O) groups is 1. The second-order valence-corrected chi connectivity index (χ2v) is 4.66. The number of hydrogen-bond donors (Lipinski definition) is 1. The van der Waals surface area contributed by atoms with Gasteiger partial charge in [-0.2, -0.15) is 0 Å². The molecule has 1 fully saturated rings. The molecule has 88 valence electrons. The molecule has 5 heteroatoms. The van der Waals surface area contributed by atoms with Gasteiger partial charge in [-0.3, -0.25) is 0 Å². The van der Waals surface area contributed by atoms with Crippen LogP contribution in [0.5, 0.6) is 0 Å². The van der Waals surface area contributed by atoms with Gasteiger partial charge in [0.1, 0.15) is 5.60 Å². The standard InChI is InChI=1S/C10H19NO4/c1-10(2,3)15-9(13)11-4-5-14-7-8(12)6-11/h8,12H,4-7H2,1-3H3/t8-/m1/s1. The molecular formula is C10H19NO4. The first-order chi connectivity index (χ1) is 6.88. The van der Waals surface area contributed by atoms with Gasteiger partial charge in [0.2, 0.25) is 0 Å². The van der Waals surface area contributed by atoms with Crippen LogP contribution in [0.3, 0.4) is 0 Å². The predicted octanol–water partition coefficient (Wildman–Crippen LogP) is 0.615. The van der Waals surface area contributed by atoms with Crippen LogP contribution in [0.1, 0.15) is 20.8 Å². The van der Waals surface area contributed by atoms with Crippen LogP contribution in [0.25, 0.3) is 0 Å². The van der Waals surface area contributed by atoms with Crippen LogP contribution < -0.4 is 0 Å². The molecule has 1 aliphatic rings. The number of carbonyl (C=O) groups excluding carboxylic acids is 1. The fraction of sp³-hybridized carbons (Fsp3) is 0.900. The highest BCUT2D eigenvalue weighted by Crippen LogP contribution is 2.11. The molecule has 0 unspecified atom stereocenters. The summed E-state index contributed by atoms with van der Waals surface area (Å²) in [5.41, 5.74) is -0.505. The quantitative estimate of drug-likeness (QED) is 0.646. The minimum Gasteiger partial charge on any atom is -0.444 e. The third kappa shape index (κ3) is 4.48. The Hall–Kier alpha value is -0.810. The van der Waals surface area contributed by atoms with E-state index in [1.54, 1.807) is 0 Å².